The van der Waals surface area contributed by atoms with E-state index in [9.17, 15) is 9.90 Å². The monoisotopic (exact) mass is 619 g/mol. The first kappa shape index (κ1) is 30.9. The smallest absolute Gasteiger partial charge is 0.335 e. The van der Waals surface area contributed by atoms with E-state index >= 15 is 0 Å². The first-order chi connectivity index (χ1) is 22.5. The number of carboxylic acid groups (broad SMARTS) is 1. The van der Waals surface area contributed by atoms with Gasteiger partial charge in [-0.05, 0) is 99.7 Å². The highest BCUT2D eigenvalue weighted by atomic mass is 16.5. The number of ether oxygens (including phenoxy) is 1. The van der Waals surface area contributed by atoms with Gasteiger partial charge in [-0.2, -0.15) is 0 Å². The van der Waals surface area contributed by atoms with Crippen LogP contribution in [-0.4, -0.2) is 52.8 Å². The molecule has 4 aromatic rings. The van der Waals surface area contributed by atoms with Gasteiger partial charge in [-0.3, -0.25) is 0 Å². The van der Waals surface area contributed by atoms with Gasteiger partial charge in [0.25, 0.3) is 0 Å². The Bertz CT molecular complexity index is 1670. The normalized spacial score (nSPS) is 19.2. The summed E-state index contributed by atoms with van der Waals surface area (Å²) in [5.74, 6) is 1.22. The Labute approximate surface area is 274 Å². The highest BCUT2D eigenvalue weighted by Gasteiger charge is 2.31. The molecule has 1 saturated carbocycles. The Balaban J connectivity index is 1.30. The van der Waals surface area contributed by atoms with Gasteiger partial charge in [0.1, 0.15) is 12.4 Å². The molecule has 1 N–H and O–H groups in total. The van der Waals surface area contributed by atoms with E-state index in [2.05, 4.69) is 76.7 Å². The van der Waals surface area contributed by atoms with Crippen molar-refractivity contribution in [2.75, 3.05) is 31.1 Å². The molecule has 1 atom stereocenters. The molecule has 0 amide bonds. The number of hydrogen-bond donors (Lipinski definition) is 1. The summed E-state index contributed by atoms with van der Waals surface area (Å²) in [7, 11) is 0. The maximum absolute atomic E-state index is 12.1. The van der Waals surface area contributed by atoms with Crippen LogP contribution in [0.5, 0.6) is 5.75 Å². The zero-order valence-electron chi connectivity index (χ0n) is 27.6. The third-order valence-corrected chi connectivity index (χ3v) is 10.9. The lowest BCUT2D eigenvalue weighted by Gasteiger charge is -2.36. The summed E-state index contributed by atoms with van der Waals surface area (Å²) >= 11 is 0. The van der Waals surface area contributed by atoms with Crippen LogP contribution in [0.15, 0.2) is 66.7 Å². The first-order valence-corrected chi connectivity index (χ1v) is 17.7. The summed E-state index contributed by atoms with van der Waals surface area (Å²) < 4.78 is 8.87. The number of nitrogens with zero attached hydrogens (tertiary/aromatic N) is 3. The van der Waals surface area contributed by atoms with Crippen molar-refractivity contribution in [2.24, 2.45) is 5.92 Å². The number of carboxylic acids is 1. The van der Waals surface area contributed by atoms with E-state index in [-0.39, 0.29) is 0 Å². The molecule has 0 spiro atoms. The average molecular weight is 620 g/mol. The van der Waals surface area contributed by atoms with Gasteiger partial charge in [0, 0.05) is 60.4 Å². The molecule has 2 aliphatic heterocycles. The lowest BCUT2D eigenvalue weighted by molar-refractivity contribution is 0.0697. The third-order valence-electron chi connectivity index (χ3n) is 10.9. The number of benzene rings is 3. The number of anilines is 1. The van der Waals surface area contributed by atoms with Gasteiger partial charge in [0.15, 0.2) is 0 Å². The van der Waals surface area contributed by atoms with E-state index in [0.717, 1.165) is 36.5 Å². The Hall–Kier alpha value is -3.77. The minimum atomic E-state index is -0.865. The number of piperidine rings is 1. The van der Waals surface area contributed by atoms with Crippen molar-refractivity contribution in [2.45, 2.75) is 90.3 Å². The zero-order valence-corrected chi connectivity index (χ0v) is 27.6. The average Bonchev–Trinajstić information content (AvgIpc) is 3.32. The molecule has 1 saturated heterocycles. The predicted octanol–water partition coefficient (Wildman–Crippen LogP) is 8.96. The van der Waals surface area contributed by atoms with Crippen LogP contribution in [0.1, 0.15) is 92.6 Å². The Morgan fingerprint density at radius 3 is 2.52 bits per heavy atom. The molecule has 3 aliphatic rings. The van der Waals surface area contributed by atoms with Crippen LogP contribution < -0.4 is 9.64 Å². The van der Waals surface area contributed by atoms with Crippen LogP contribution in [-0.2, 0) is 13.2 Å². The van der Waals surface area contributed by atoms with Gasteiger partial charge in [-0.25, -0.2) is 4.79 Å². The van der Waals surface area contributed by atoms with Gasteiger partial charge in [0.2, 0.25) is 0 Å². The van der Waals surface area contributed by atoms with E-state index in [1.165, 1.54) is 92.4 Å². The molecule has 1 aromatic heterocycles. The standard InChI is InChI=1S/C40H49N3O3/c1-28(2)42-20-9-12-29(26-42)19-21-41-22-23-43-37-24-32(40(44)45)15-17-34(37)38(31-13-7-4-8-14-31)39(43)35-18-16-33(25-36(35)41)46-27-30-10-5-3-6-11-30/h3,5-6,10-11,15-18,24-25,28-29,31H,4,7-9,12-14,19-23,26-27H2,1-2H3,(H,44,45). The fourth-order valence-corrected chi connectivity index (χ4v) is 8.35. The van der Waals surface area contributed by atoms with Crippen molar-refractivity contribution < 1.29 is 14.6 Å². The number of hydrogen-bond acceptors (Lipinski definition) is 4. The van der Waals surface area contributed by atoms with Crippen molar-refractivity contribution in [1.82, 2.24) is 9.47 Å². The van der Waals surface area contributed by atoms with E-state index in [1.807, 2.05) is 12.1 Å². The highest BCUT2D eigenvalue weighted by Crippen LogP contribution is 2.48. The van der Waals surface area contributed by atoms with E-state index in [4.69, 9.17) is 4.74 Å². The minimum Gasteiger partial charge on any atom is -0.489 e. The van der Waals surface area contributed by atoms with Gasteiger partial charge in [0.05, 0.1) is 11.3 Å². The molecule has 0 radical (unpaired) electrons. The molecule has 7 rings (SSSR count). The largest absolute Gasteiger partial charge is 0.489 e. The summed E-state index contributed by atoms with van der Waals surface area (Å²) in [6.07, 6.45) is 9.95. The molecule has 3 heterocycles. The molecular weight excluding hydrogens is 570 g/mol. The van der Waals surface area contributed by atoms with Crippen molar-refractivity contribution in [1.29, 1.82) is 0 Å². The van der Waals surface area contributed by atoms with Crippen LogP contribution in [0, 0.1) is 5.92 Å². The number of likely N-dealkylation sites (tertiary alicyclic amines) is 1. The fraction of sp³-hybridized carbons (Fsp3) is 0.475. The molecule has 1 aliphatic carbocycles. The lowest BCUT2D eigenvalue weighted by atomic mass is 9.81. The van der Waals surface area contributed by atoms with E-state index < -0.39 is 5.97 Å². The minimum absolute atomic E-state index is 0.362. The SMILES string of the molecule is CC(C)N1CCCC(CCN2CCn3c(c(C4CCCCC4)c4ccc(C(=O)O)cc43)-c3ccc(OCc4ccccc4)cc32)C1. The summed E-state index contributed by atoms with van der Waals surface area (Å²) in [6.45, 7) is 10.3. The molecule has 242 valence electrons. The Morgan fingerprint density at radius 1 is 0.913 bits per heavy atom. The zero-order chi connectivity index (χ0) is 31.6. The number of carbonyl (C=O) groups is 1. The van der Waals surface area contributed by atoms with Gasteiger partial charge >= 0.3 is 5.97 Å². The summed E-state index contributed by atoms with van der Waals surface area (Å²) in [5.41, 5.74) is 7.81. The van der Waals surface area contributed by atoms with Crippen molar-refractivity contribution in [3.8, 4) is 17.0 Å². The second-order valence-electron chi connectivity index (χ2n) is 14.1. The maximum Gasteiger partial charge on any atom is 0.335 e. The highest BCUT2D eigenvalue weighted by molar-refractivity contribution is 5.99. The fourth-order valence-electron chi connectivity index (χ4n) is 8.35. The van der Waals surface area contributed by atoms with Crippen LogP contribution in [0.2, 0.25) is 0 Å². The van der Waals surface area contributed by atoms with Gasteiger partial charge < -0.3 is 24.2 Å². The number of fused-ring (bicyclic) bond motifs is 5. The van der Waals surface area contributed by atoms with E-state index in [0.29, 0.717) is 30.0 Å². The van der Waals surface area contributed by atoms with Crippen molar-refractivity contribution in [3.05, 3.63) is 83.4 Å². The summed E-state index contributed by atoms with van der Waals surface area (Å²) in [6, 6.07) is 23.5. The second-order valence-corrected chi connectivity index (χ2v) is 14.1. The predicted molar refractivity (Wildman–Crippen MR) is 187 cm³/mol. The molecule has 0 bridgehead atoms. The van der Waals surface area contributed by atoms with Crippen LogP contribution >= 0.6 is 0 Å². The number of aromatic carboxylic acids is 1. The Morgan fingerprint density at radius 2 is 1.74 bits per heavy atom. The molecule has 2 fully saturated rings. The van der Waals surface area contributed by atoms with Crippen LogP contribution in [0.25, 0.3) is 22.2 Å². The van der Waals surface area contributed by atoms with Crippen molar-refractivity contribution in [3.63, 3.8) is 0 Å². The van der Waals surface area contributed by atoms with Crippen molar-refractivity contribution >= 4 is 22.6 Å². The molecule has 6 heteroatoms. The molecule has 3 aromatic carbocycles. The summed E-state index contributed by atoms with van der Waals surface area (Å²) in [5, 5.41) is 11.2. The molecular formula is C40H49N3O3. The van der Waals surface area contributed by atoms with Gasteiger partial charge in [-0.1, -0.05) is 55.7 Å². The van der Waals surface area contributed by atoms with Crippen LogP contribution in [0.3, 0.4) is 0 Å². The van der Waals surface area contributed by atoms with Gasteiger partial charge in [-0.15, -0.1) is 0 Å². The lowest BCUT2D eigenvalue weighted by Crippen LogP contribution is -2.41. The second kappa shape index (κ2) is 13.5. The molecule has 1 unspecified atom stereocenters. The quantitative estimate of drug-likeness (QED) is 0.203. The Kier molecular flexibility index (Phi) is 9.08. The van der Waals surface area contributed by atoms with Crippen LogP contribution in [0.4, 0.5) is 5.69 Å². The summed E-state index contributed by atoms with van der Waals surface area (Å²) in [4.78, 5) is 17.4. The molecule has 46 heavy (non-hydrogen) atoms. The maximum atomic E-state index is 12.1. The third kappa shape index (κ3) is 6.29. The topological polar surface area (TPSA) is 57.9 Å². The number of rotatable bonds is 9. The first-order valence-electron chi connectivity index (χ1n) is 17.7. The number of aromatic nitrogens is 1. The van der Waals surface area contributed by atoms with E-state index in [1.54, 1.807) is 6.07 Å². The molecule has 6 nitrogen and oxygen atoms in total.